The van der Waals surface area contributed by atoms with Crippen LogP contribution in [0.25, 0.3) is 11.3 Å². The topological polar surface area (TPSA) is 30.0 Å². The monoisotopic (exact) mass is 349 g/mol. The number of benzene rings is 2. The van der Waals surface area contributed by atoms with Crippen LogP contribution in [0.15, 0.2) is 65.3 Å². The minimum Gasteiger partial charge on any atom is -0.289 e. The summed E-state index contributed by atoms with van der Waals surface area (Å²) in [6, 6.07) is 19.6. The Morgan fingerprint density at radius 3 is 2.41 bits per heavy atom. The van der Waals surface area contributed by atoms with E-state index in [4.69, 9.17) is 0 Å². The highest BCUT2D eigenvalue weighted by Gasteiger charge is 2.26. The molecule has 1 heterocycles. The van der Waals surface area contributed by atoms with Crippen LogP contribution in [0.3, 0.4) is 0 Å². The normalized spacial score (nSPS) is 12.7. The van der Waals surface area contributed by atoms with Crippen LogP contribution in [0, 0.1) is 0 Å². The maximum atomic E-state index is 12.9. The largest absolute Gasteiger partial charge is 0.289 e. The number of carbonyl (C=O) groups excluding carboxylic acids is 1. The van der Waals surface area contributed by atoms with Gasteiger partial charge in [0.1, 0.15) is 4.60 Å². The van der Waals surface area contributed by atoms with Gasteiger partial charge in [-0.15, -0.1) is 0 Å². The summed E-state index contributed by atoms with van der Waals surface area (Å²) in [6.07, 6.45) is 0.791. The van der Waals surface area contributed by atoms with Crippen LogP contribution in [0.1, 0.15) is 27.0 Å². The minimum atomic E-state index is 0.0919. The fourth-order valence-corrected chi connectivity index (χ4v) is 3.37. The average Bonchev–Trinajstić information content (AvgIpc) is 2.54. The Hall–Kier alpha value is -2.26. The minimum absolute atomic E-state index is 0.0919. The van der Waals surface area contributed by atoms with Crippen LogP contribution in [-0.4, -0.2) is 10.8 Å². The molecule has 0 spiro atoms. The summed E-state index contributed by atoms with van der Waals surface area (Å²) in [6.45, 7) is 0. The molecule has 2 aromatic carbocycles. The van der Waals surface area contributed by atoms with Crippen molar-refractivity contribution in [1.29, 1.82) is 0 Å². The molecule has 3 heteroatoms. The van der Waals surface area contributed by atoms with Crippen LogP contribution in [-0.2, 0) is 6.42 Å². The van der Waals surface area contributed by atoms with Crippen molar-refractivity contribution in [3.8, 4) is 11.3 Å². The average molecular weight is 350 g/mol. The number of rotatable bonds is 1. The van der Waals surface area contributed by atoms with Crippen molar-refractivity contribution in [3.63, 3.8) is 0 Å². The molecule has 1 aliphatic carbocycles. The van der Waals surface area contributed by atoms with Gasteiger partial charge < -0.3 is 0 Å². The maximum Gasteiger partial charge on any atom is 0.194 e. The van der Waals surface area contributed by atoms with Gasteiger partial charge in [-0.3, -0.25) is 4.79 Å². The summed E-state index contributed by atoms with van der Waals surface area (Å²) in [7, 11) is 0. The van der Waals surface area contributed by atoms with E-state index in [2.05, 4.69) is 20.9 Å². The van der Waals surface area contributed by atoms with Crippen molar-refractivity contribution in [1.82, 2.24) is 4.98 Å². The molecular weight excluding hydrogens is 338 g/mol. The van der Waals surface area contributed by atoms with E-state index >= 15 is 0 Å². The molecule has 0 fully saturated rings. The van der Waals surface area contributed by atoms with Gasteiger partial charge in [-0.05, 0) is 45.6 Å². The molecule has 4 rings (SSSR count). The SMILES string of the molecule is O=C1c2ccccc2Cc2cccc(-c3cccc(Br)n3)c21. The zero-order valence-corrected chi connectivity index (χ0v) is 13.3. The van der Waals surface area contributed by atoms with Crippen LogP contribution in [0.2, 0.25) is 0 Å². The van der Waals surface area contributed by atoms with Gasteiger partial charge in [0.05, 0.1) is 5.69 Å². The number of fused-ring (bicyclic) bond motifs is 2. The molecule has 1 aliphatic rings. The molecule has 1 aromatic heterocycles. The molecule has 106 valence electrons. The summed E-state index contributed by atoms with van der Waals surface area (Å²) in [5.41, 5.74) is 5.48. The zero-order valence-electron chi connectivity index (χ0n) is 11.7. The number of pyridine rings is 1. The molecule has 0 bridgehead atoms. The Morgan fingerprint density at radius 1 is 0.818 bits per heavy atom. The molecule has 0 saturated carbocycles. The molecule has 0 amide bonds. The zero-order chi connectivity index (χ0) is 15.1. The lowest BCUT2D eigenvalue weighted by Crippen LogP contribution is -2.16. The number of halogens is 1. The summed E-state index contributed by atoms with van der Waals surface area (Å²) in [4.78, 5) is 17.5. The van der Waals surface area contributed by atoms with Gasteiger partial charge in [0.2, 0.25) is 0 Å². The number of hydrogen-bond acceptors (Lipinski definition) is 2. The third-order valence-electron chi connectivity index (χ3n) is 4.01. The predicted molar refractivity (Wildman–Crippen MR) is 90.1 cm³/mol. The molecule has 0 aliphatic heterocycles. The first kappa shape index (κ1) is 13.4. The fourth-order valence-electron chi connectivity index (χ4n) is 3.02. The van der Waals surface area contributed by atoms with Crippen molar-refractivity contribution < 1.29 is 4.79 Å². The first-order valence-electron chi connectivity index (χ1n) is 7.11. The molecule has 0 radical (unpaired) electrons. The molecule has 3 aromatic rings. The fraction of sp³-hybridized carbons (Fsp3) is 0.0526. The highest BCUT2D eigenvalue weighted by molar-refractivity contribution is 9.10. The number of nitrogens with zero attached hydrogens (tertiary/aromatic N) is 1. The molecule has 0 atom stereocenters. The lowest BCUT2D eigenvalue weighted by molar-refractivity contribution is 0.103. The number of carbonyl (C=O) groups is 1. The second-order valence-electron chi connectivity index (χ2n) is 5.35. The second kappa shape index (κ2) is 5.18. The number of hydrogen-bond donors (Lipinski definition) is 0. The predicted octanol–water partition coefficient (Wildman–Crippen LogP) is 4.65. The van der Waals surface area contributed by atoms with Crippen molar-refractivity contribution in [2.24, 2.45) is 0 Å². The molecule has 0 N–H and O–H groups in total. The van der Waals surface area contributed by atoms with Crippen LogP contribution >= 0.6 is 15.9 Å². The third kappa shape index (κ3) is 2.09. The van der Waals surface area contributed by atoms with Crippen molar-refractivity contribution >= 4 is 21.7 Å². The number of ketones is 1. The molecule has 22 heavy (non-hydrogen) atoms. The third-order valence-corrected chi connectivity index (χ3v) is 4.45. The Bertz CT molecular complexity index is 901. The molecule has 2 nitrogen and oxygen atoms in total. The highest BCUT2D eigenvalue weighted by atomic mass is 79.9. The van der Waals surface area contributed by atoms with Gasteiger partial charge >= 0.3 is 0 Å². The standard InChI is InChI=1S/C19H12BrNO/c20-17-10-4-9-16(21-17)15-8-3-6-13-11-12-5-1-2-7-14(12)19(22)18(13)15/h1-10H,11H2. The molecular formula is C19H12BrNO. The Balaban J connectivity index is 1.94. The molecule has 0 saturated heterocycles. The Labute approximate surface area is 137 Å². The van der Waals surface area contributed by atoms with Crippen molar-refractivity contribution in [2.75, 3.05) is 0 Å². The van der Waals surface area contributed by atoms with Gasteiger partial charge in [-0.1, -0.05) is 48.5 Å². The first-order valence-corrected chi connectivity index (χ1v) is 7.91. The van der Waals surface area contributed by atoms with E-state index < -0.39 is 0 Å². The summed E-state index contributed by atoms with van der Waals surface area (Å²) in [5, 5.41) is 0. The lowest BCUT2D eigenvalue weighted by Gasteiger charge is -2.21. The Kier molecular flexibility index (Phi) is 3.16. The van der Waals surface area contributed by atoms with E-state index in [-0.39, 0.29) is 5.78 Å². The van der Waals surface area contributed by atoms with E-state index in [0.717, 1.165) is 44.5 Å². The van der Waals surface area contributed by atoms with Gasteiger partial charge in [0.25, 0.3) is 0 Å². The highest BCUT2D eigenvalue weighted by Crippen LogP contribution is 2.33. The molecule has 0 unspecified atom stereocenters. The maximum absolute atomic E-state index is 12.9. The van der Waals surface area contributed by atoms with Gasteiger partial charge in [-0.2, -0.15) is 0 Å². The van der Waals surface area contributed by atoms with Crippen LogP contribution in [0.5, 0.6) is 0 Å². The van der Waals surface area contributed by atoms with Crippen molar-refractivity contribution in [3.05, 3.63) is 87.5 Å². The van der Waals surface area contributed by atoms with Crippen LogP contribution in [0.4, 0.5) is 0 Å². The lowest BCUT2D eigenvalue weighted by atomic mass is 9.82. The number of aromatic nitrogens is 1. The second-order valence-corrected chi connectivity index (χ2v) is 6.16. The Morgan fingerprint density at radius 2 is 1.55 bits per heavy atom. The van der Waals surface area contributed by atoms with E-state index in [1.54, 1.807) is 0 Å². The van der Waals surface area contributed by atoms with Crippen molar-refractivity contribution in [2.45, 2.75) is 6.42 Å². The quantitative estimate of drug-likeness (QED) is 0.468. The first-order chi connectivity index (χ1) is 10.7. The summed E-state index contributed by atoms with van der Waals surface area (Å²) >= 11 is 3.40. The smallest absolute Gasteiger partial charge is 0.194 e. The van der Waals surface area contributed by atoms with E-state index in [9.17, 15) is 4.79 Å². The summed E-state index contributed by atoms with van der Waals surface area (Å²) < 4.78 is 0.770. The van der Waals surface area contributed by atoms with Gasteiger partial charge in [-0.25, -0.2) is 4.98 Å². The van der Waals surface area contributed by atoms with Gasteiger partial charge in [0.15, 0.2) is 5.78 Å². The van der Waals surface area contributed by atoms with Gasteiger partial charge in [0, 0.05) is 16.7 Å². The summed E-state index contributed by atoms with van der Waals surface area (Å²) in [5.74, 6) is 0.0919. The van der Waals surface area contributed by atoms with E-state index in [0.29, 0.717) is 0 Å². The van der Waals surface area contributed by atoms with E-state index in [1.807, 2.05) is 60.7 Å². The van der Waals surface area contributed by atoms with Crippen LogP contribution < -0.4 is 0 Å². The van der Waals surface area contributed by atoms with E-state index in [1.165, 1.54) is 0 Å².